The van der Waals surface area contributed by atoms with Crippen LogP contribution in [-0.4, -0.2) is 45.1 Å². The summed E-state index contributed by atoms with van der Waals surface area (Å²) in [4.78, 5) is 0.202. The first-order valence-corrected chi connectivity index (χ1v) is 7.43. The summed E-state index contributed by atoms with van der Waals surface area (Å²) in [5.41, 5.74) is 5.50. The first-order valence-electron chi connectivity index (χ1n) is 5.61. The molecule has 0 spiro atoms. The molecule has 0 saturated carbocycles. The highest BCUT2D eigenvalue weighted by Crippen LogP contribution is 2.21. The van der Waals surface area contributed by atoms with Gasteiger partial charge in [0.2, 0.25) is 10.0 Å². The molecule has 0 radical (unpaired) electrons. The van der Waals surface area contributed by atoms with E-state index in [2.05, 4.69) is 0 Å². The number of nitrogens with two attached hydrogens (primary N) is 1. The van der Waals surface area contributed by atoms with Gasteiger partial charge in [-0.25, -0.2) is 8.42 Å². The second-order valence-electron chi connectivity index (χ2n) is 4.05. The third-order valence-electron chi connectivity index (χ3n) is 2.80. The Morgan fingerprint density at radius 2 is 2.28 bits per heavy atom. The highest BCUT2D eigenvalue weighted by molar-refractivity contribution is 7.89. The zero-order valence-electron chi connectivity index (χ0n) is 9.75. The Balaban J connectivity index is 2.25. The molecule has 1 aromatic rings. The van der Waals surface area contributed by atoms with Gasteiger partial charge in [0, 0.05) is 24.7 Å². The fraction of sp³-hybridized carbons (Fsp3) is 0.455. The molecule has 1 unspecified atom stereocenters. The molecule has 0 aromatic heterocycles. The Labute approximate surface area is 112 Å². The van der Waals surface area contributed by atoms with Crippen LogP contribution in [0.2, 0.25) is 5.02 Å². The number of morpholine rings is 1. The van der Waals surface area contributed by atoms with E-state index in [0.29, 0.717) is 24.7 Å². The first-order chi connectivity index (χ1) is 8.54. The molecule has 1 heterocycles. The number of ether oxygens (including phenoxy) is 1. The Morgan fingerprint density at radius 1 is 1.50 bits per heavy atom. The maximum Gasteiger partial charge on any atom is 0.243 e. The second kappa shape index (κ2) is 5.54. The summed E-state index contributed by atoms with van der Waals surface area (Å²) in [6.07, 6.45) is -0.243. The highest BCUT2D eigenvalue weighted by Gasteiger charge is 2.30. The van der Waals surface area contributed by atoms with Crippen molar-refractivity contribution in [3.63, 3.8) is 0 Å². The lowest BCUT2D eigenvalue weighted by atomic mass is 10.3. The van der Waals surface area contributed by atoms with Crippen molar-refractivity contribution in [1.82, 2.24) is 4.31 Å². The molecular weight excluding hydrogens is 276 g/mol. The van der Waals surface area contributed by atoms with Crippen LogP contribution in [-0.2, 0) is 14.8 Å². The molecule has 5 nitrogen and oxygen atoms in total. The lowest BCUT2D eigenvalue weighted by Crippen LogP contribution is -2.48. The Kier molecular flexibility index (Phi) is 4.24. The predicted octanol–water partition coefficient (Wildman–Crippen LogP) is 0.688. The minimum absolute atomic E-state index is 0.202. The zero-order valence-corrected chi connectivity index (χ0v) is 11.3. The van der Waals surface area contributed by atoms with E-state index in [9.17, 15) is 8.42 Å². The van der Waals surface area contributed by atoms with Crippen LogP contribution in [0.3, 0.4) is 0 Å². The maximum absolute atomic E-state index is 12.4. The Hall–Kier alpha value is -0.660. The normalized spacial score (nSPS) is 22.0. The molecule has 18 heavy (non-hydrogen) atoms. The number of nitrogens with zero attached hydrogens (tertiary/aromatic N) is 1. The third-order valence-corrected chi connectivity index (χ3v) is 4.89. The fourth-order valence-corrected chi connectivity index (χ4v) is 3.59. The quantitative estimate of drug-likeness (QED) is 0.889. The molecule has 1 atom stereocenters. The van der Waals surface area contributed by atoms with E-state index >= 15 is 0 Å². The summed E-state index contributed by atoms with van der Waals surface area (Å²) < 4.78 is 31.5. The number of hydrogen-bond donors (Lipinski definition) is 1. The Bertz CT molecular complexity index is 521. The smallest absolute Gasteiger partial charge is 0.243 e. The predicted molar refractivity (Wildman–Crippen MR) is 69.0 cm³/mol. The largest absolute Gasteiger partial charge is 0.374 e. The Morgan fingerprint density at radius 3 is 2.94 bits per heavy atom. The van der Waals surface area contributed by atoms with E-state index in [-0.39, 0.29) is 17.5 Å². The van der Waals surface area contributed by atoms with Gasteiger partial charge in [-0.15, -0.1) is 0 Å². The molecule has 1 saturated heterocycles. The van der Waals surface area contributed by atoms with Crippen LogP contribution in [0.5, 0.6) is 0 Å². The minimum Gasteiger partial charge on any atom is -0.374 e. The third kappa shape index (κ3) is 2.84. The molecule has 1 aliphatic rings. The number of halogens is 1. The van der Waals surface area contributed by atoms with Crippen LogP contribution in [0, 0.1) is 0 Å². The van der Waals surface area contributed by atoms with Gasteiger partial charge >= 0.3 is 0 Å². The van der Waals surface area contributed by atoms with Gasteiger partial charge in [0.1, 0.15) is 0 Å². The van der Waals surface area contributed by atoms with Gasteiger partial charge in [-0.05, 0) is 18.2 Å². The number of benzene rings is 1. The standard InChI is InChI=1S/C11H15ClN2O3S/c12-9-2-1-3-11(6-9)18(15,16)14-4-5-17-10(7-13)8-14/h1-3,6,10H,4-5,7-8,13H2. The molecule has 2 N–H and O–H groups in total. The molecule has 1 fully saturated rings. The summed E-state index contributed by atoms with van der Waals surface area (Å²) >= 11 is 5.82. The number of rotatable bonds is 3. The summed E-state index contributed by atoms with van der Waals surface area (Å²) in [6, 6.07) is 6.25. The van der Waals surface area contributed by atoms with Gasteiger partial charge < -0.3 is 10.5 Å². The highest BCUT2D eigenvalue weighted by atomic mass is 35.5. The minimum atomic E-state index is -3.51. The van der Waals surface area contributed by atoms with Crippen molar-refractivity contribution < 1.29 is 13.2 Å². The van der Waals surface area contributed by atoms with E-state index in [1.807, 2.05) is 0 Å². The summed E-state index contributed by atoms with van der Waals surface area (Å²) in [6.45, 7) is 1.29. The van der Waals surface area contributed by atoms with Gasteiger partial charge in [0.25, 0.3) is 0 Å². The van der Waals surface area contributed by atoms with Crippen LogP contribution in [0.15, 0.2) is 29.2 Å². The van der Waals surface area contributed by atoms with Crippen molar-refractivity contribution in [2.75, 3.05) is 26.2 Å². The van der Waals surface area contributed by atoms with Gasteiger partial charge in [-0.1, -0.05) is 17.7 Å². The monoisotopic (exact) mass is 290 g/mol. The molecule has 2 rings (SSSR count). The number of sulfonamides is 1. The van der Waals surface area contributed by atoms with Crippen LogP contribution >= 0.6 is 11.6 Å². The number of hydrogen-bond acceptors (Lipinski definition) is 4. The second-order valence-corrected chi connectivity index (χ2v) is 6.42. The van der Waals surface area contributed by atoms with Crippen LogP contribution in [0.25, 0.3) is 0 Å². The van der Waals surface area contributed by atoms with Crippen molar-refractivity contribution in [3.8, 4) is 0 Å². The molecule has 100 valence electrons. The van der Waals surface area contributed by atoms with Gasteiger partial charge in [0.05, 0.1) is 17.6 Å². The van der Waals surface area contributed by atoms with E-state index in [0.717, 1.165) is 0 Å². The van der Waals surface area contributed by atoms with Gasteiger partial charge in [-0.2, -0.15) is 4.31 Å². The van der Waals surface area contributed by atoms with E-state index < -0.39 is 10.0 Å². The molecule has 0 amide bonds. The van der Waals surface area contributed by atoms with Gasteiger partial charge in [0.15, 0.2) is 0 Å². The van der Waals surface area contributed by atoms with Crippen molar-refractivity contribution in [2.45, 2.75) is 11.0 Å². The lowest BCUT2D eigenvalue weighted by Gasteiger charge is -2.31. The fourth-order valence-electron chi connectivity index (χ4n) is 1.83. The first kappa shape index (κ1) is 13.8. The maximum atomic E-state index is 12.4. The topological polar surface area (TPSA) is 72.6 Å². The van der Waals surface area contributed by atoms with Crippen LogP contribution in [0.1, 0.15) is 0 Å². The average Bonchev–Trinajstić information content (AvgIpc) is 2.39. The molecule has 7 heteroatoms. The molecule has 0 bridgehead atoms. The molecular formula is C11H15ClN2O3S. The van der Waals surface area contributed by atoms with E-state index in [1.54, 1.807) is 12.1 Å². The van der Waals surface area contributed by atoms with E-state index in [4.69, 9.17) is 22.1 Å². The lowest BCUT2D eigenvalue weighted by molar-refractivity contribution is 0.00450. The van der Waals surface area contributed by atoms with Crippen LogP contribution in [0.4, 0.5) is 0 Å². The van der Waals surface area contributed by atoms with Crippen LogP contribution < -0.4 is 5.73 Å². The van der Waals surface area contributed by atoms with Crippen molar-refractivity contribution in [1.29, 1.82) is 0 Å². The SMILES string of the molecule is NCC1CN(S(=O)(=O)c2cccc(Cl)c2)CCO1. The molecule has 1 aliphatic heterocycles. The summed E-state index contributed by atoms with van der Waals surface area (Å²) in [5.74, 6) is 0. The summed E-state index contributed by atoms with van der Waals surface area (Å²) in [7, 11) is -3.51. The molecule has 0 aliphatic carbocycles. The van der Waals surface area contributed by atoms with Crippen molar-refractivity contribution in [3.05, 3.63) is 29.3 Å². The molecule has 1 aromatic carbocycles. The summed E-state index contributed by atoms with van der Waals surface area (Å²) in [5, 5.41) is 0.403. The van der Waals surface area contributed by atoms with Gasteiger partial charge in [-0.3, -0.25) is 0 Å². The van der Waals surface area contributed by atoms with E-state index in [1.165, 1.54) is 16.4 Å². The van der Waals surface area contributed by atoms with Crippen molar-refractivity contribution >= 4 is 21.6 Å². The van der Waals surface area contributed by atoms with Crippen molar-refractivity contribution in [2.24, 2.45) is 5.73 Å². The zero-order chi connectivity index (χ0) is 13.2. The average molecular weight is 291 g/mol.